The fourth-order valence-corrected chi connectivity index (χ4v) is 2.26. The van der Waals surface area contributed by atoms with Gasteiger partial charge in [-0.1, -0.05) is 13.8 Å². The Kier molecular flexibility index (Phi) is 5.34. The first-order chi connectivity index (χ1) is 8.40. The van der Waals surface area contributed by atoms with Crippen molar-refractivity contribution in [2.45, 2.75) is 32.7 Å². The molecule has 5 nitrogen and oxygen atoms in total. The van der Waals surface area contributed by atoms with Gasteiger partial charge >= 0.3 is 0 Å². The molecule has 0 fully saturated rings. The third-order valence-corrected chi connectivity index (χ3v) is 3.17. The third-order valence-electron chi connectivity index (χ3n) is 2.63. The standard InChI is InChI=1S/C12H21BrN4O/c1-8(2)5-12(3,7-14)17-11-15-6-9(13)10(16-11)18-4/h6,8H,5,7,14H2,1-4H3,(H,15,16,17). The monoisotopic (exact) mass is 316 g/mol. The summed E-state index contributed by atoms with van der Waals surface area (Å²) in [6.07, 6.45) is 2.62. The van der Waals surface area contributed by atoms with Crippen molar-refractivity contribution in [3.63, 3.8) is 0 Å². The number of nitrogens with zero attached hydrogens (tertiary/aromatic N) is 2. The molecule has 0 spiro atoms. The molecule has 0 bridgehead atoms. The second-order valence-electron chi connectivity index (χ2n) is 5.04. The van der Waals surface area contributed by atoms with E-state index in [1.807, 2.05) is 0 Å². The lowest BCUT2D eigenvalue weighted by Gasteiger charge is -2.31. The van der Waals surface area contributed by atoms with Gasteiger partial charge in [0.15, 0.2) is 0 Å². The summed E-state index contributed by atoms with van der Waals surface area (Å²) in [5.41, 5.74) is 5.63. The van der Waals surface area contributed by atoms with E-state index < -0.39 is 0 Å². The molecule has 0 aliphatic carbocycles. The van der Waals surface area contributed by atoms with Gasteiger partial charge in [-0.2, -0.15) is 4.98 Å². The van der Waals surface area contributed by atoms with Gasteiger partial charge in [0, 0.05) is 12.1 Å². The minimum atomic E-state index is -0.215. The number of hydrogen-bond acceptors (Lipinski definition) is 5. The quantitative estimate of drug-likeness (QED) is 0.843. The number of rotatable bonds is 6. The van der Waals surface area contributed by atoms with E-state index in [-0.39, 0.29) is 5.54 Å². The Morgan fingerprint density at radius 2 is 2.22 bits per heavy atom. The number of anilines is 1. The van der Waals surface area contributed by atoms with E-state index >= 15 is 0 Å². The molecule has 6 heteroatoms. The summed E-state index contributed by atoms with van der Waals surface area (Å²) >= 11 is 3.33. The van der Waals surface area contributed by atoms with Gasteiger partial charge in [-0.15, -0.1) is 0 Å². The summed E-state index contributed by atoms with van der Waals surface area (Å²) in [6.45, 7) is 6.93. The molecule has 0 radical (unpaired) electrons. The SMILES string of the molecule is COc1nc(NC(C)(CN)CC(C)C)ncc1Br. The number of halogens is 1. The Morgan fingerprint density at radius 3 is 2.72 bits per heavy atom. The highest BCUT2D eigenvalue weighted by Crippen LogP contribution is 2.24. The number of nitrogens with two attached hydrogens (primary N) is 1. The summed E-state index contributed by atoms with van der Waals surface area (Å²) in [5.74, 6) is 1.59. The Labute approximate surface area is 117 Å². The minimum absolute atomic E-state index is 0.215. The van der Waals surface area contributed by atoms with Crippen LogP contribution in [-0.4, -0.2) is 29.2 Å². The average molecular weight is 317 g/mol. The molecular formula is C12H21BrN4O. The van der Waals surface area contributed by atoms with E-state index in [0.29, 0.717) is 24.3 Å². The van der Waals surface area contributed by atoms with E-state index in [4.69, 9.17) is 10.5 Å². The zero-order chi connectivity index (χ0) is 13.8. The highest BCUT2D eigenvalue weighted by atomic mass is 79.9. The number of nitrogens with one attached hydrogen (secondary N) is 1. The molecule has 102 valence electrons. The molecular weight excluding hydrogens is 296 g/mol. The van der Waals surface area contributed by atoms with Crippen molar-refractivity contribution in [1.29, 1.82) is 0 Å². The Hall–Kier alpha value is -0.880. The lowest BCUT2D eigenvalue weighted by molar-refractivity contribution is 0.388. The summed E-state index contributed by atoms with van der Waals surface area (Å²) in [7, 11) is 1.58. The number of ether oxygens (including phenoxy) is 1. The van der Waals surface area contributed by atoms with E-state index in [9.17, 15) is 0 Å². The lowest BCUT2D eigenvalue weighted by Crippen LogP contribution is -2.44. The third kappa shape index (κ3) is 4.10. The van der Waals surface area contributed by atoms with Gasteiger partial charge in [-0.05, 0) is 35.2 Å². The maximum absolute atomic E-state index is 5.85. The zero-order valence-corrected chi connectivity index (χ0v) is 12.9. The predicted octanol–water partition coefficient (Wildman–Crippen LogP) is 2.42. The second kappa shape index (κ2) is 6.33. The average Bonchev–Trinajstić information content (AvgIpc) is 2.30. The first-order valence-corrected chi connectivity index (χ1v) is 6.74. The van der Waals surface area contributed by atoms with Gasteiger partial charge in [-0.3, -0.25) is 0 Å². The van der Waals surface area contributed by atoms with Crippen LogP contribution in [0.15, 0.2) is 10.7 Å². The Morgan fingerprint density at radius 1 is 1.56 bits per heavy atom. The van der Waals surface area contributed by atoms with Crippen LogP contribution in [0.3, 0.4) is 0 Å². The van der Waals surface area contributed by atoms with E-state index in [1.54, 1.807) is 13.3 Å². The molecule has 1 atom stereocenters. The topological polar surface area (TPSA) is 73.1 Å². The van der Waals surface area contributed by atoms with Crippen LogP contribution < -0.4 is 15.8 Å². The van der Waals surface area contributed by atoms with Crippen LogP contribution in [0.2, 0.25) is 0 Å². The van der Waals surface area contributed by atoms with Crippen molar-refractivity contribution < 1.29 is 4.74 Å². The minimum Gasteiger partial charge on any atom is -0.480 e. The van der Waals surface area contributed by atoms with Gasteiger partial charge < -0.3 is 15.8 Å². The largest absolute Gasteiger partial charge is 0.480 e. The van der Waals surface area contributed by atoms with Crippen molar-refractivity contribution in [3.8, 4) is 5.88 Å². The Bertz CT molecular complexity index is 400. The van der Waals surface area contributed by atoms with Crippen LogP contribution in [0.1, 0.15) is 27.2 Å². The van der Waals surface area contributed by atoms with Gasteiger partial charge in [0.1, 0.15) is 0 Å². The molecule has 0 aliphatic heterocycles. The molecule has 1 unspecified atom stereocenters. The molecule has 1 rings (SSSR count). The second-order valence-corrected chi connectivity index (χ2v) is 5.89. The van der Waals surface area contributed by atoms with E-state index in [1.165, 1.54) is 0 Å². The maximum Gasteiger partial charge on any atom is 0.232 e. The number of hydrogen-bond donors (Lipinski definition) is 2. The summed E-state index contributed by atoms with van der Waals surface area (Å²) in [5, 5.41) is 3.29. The van der Waals surface area contributed by atoms with Crippen LogP contribution in [0, 0.1) is 5.92 Å². The highest BCUT2D eigenvalue weighted by molar-refractivity contribution is 9.10. The van der Waals surface area contributed by atoms with Crippen LogP contribution in [0.4, 0.5) is 5.95 Å². The maximum atomic E-state index is 5.85. The fraction of sp³-hybridized carbons (Fsp3) is 0.667. The van der Waals surface area contributed by atoms with Crippen LogP contribution in [0.25, 0.3) is 0 Å². The molecule has 0 aliphatic rings. The number of methoxy groups -OCH3 is 1. The van der Waals surface area contributed by atoms with Crippen molar-refractivity contribution >= 4 is 21.9 Å². The van der Waals surface area contributed by atoms with Gasteiger partial charge in [-0.25, -0.2) is 4.98 Å². The molecule has 18 heavy (non-hydrogen) atoms. The first kappa shape index (κ1) is 15.2. The van der Waals surface area contributed by atoms with Gasteiger partial charge in [0.2, 0.25) is 11.8 Å². The summed E-state index contributed by atoms with van der Waals surface area (Å²) < 4.78 is 5.88. The fourth-order valence-electron chi connectivity index (χ4n) is 1.91. The van der Waals surface area contributed by atoms with Crippen molar-refractivity contribution in [2.24, 2.45) is 11.7 Å². The number of aromatic nitrogens is 2. The smallest absolute Gasteiger partial charge is 0.232 e. The molecule has 1 aromatic rings. The molecule has 1 heterocycles. The van der Waals surface area contributed by atoms with Crippen molar-refractivity contribution in [3.05, 3.63) is 10.7 Å². The molecule has 0 saturated heterocycles. The predicted molar refractivity (Wildman–Crippen MR) is 76.8 cm³/mol. The summed E-state index contributed by atoms with van der Waals surface area (Å²) in [6, 6.07) is 0. The van der Waals surface area contributed by atoms with Gasteiger partial charge in [0.25, 0.3) is 0 Å². The molecule has 3 N–H and O–H groups in total. The summed E-state index contributed by atoms with van der Waals surface area (Å²) in [4.78, 5) is 8.51. The van der Waals surface area contributed by atoms with Gasteiger partial charge in [0.05, 0.1) is 17.8 Å². The van der Waals surface area contributed by atoms with E-state index in [0.717, 1.165) is 10.9 Å². The molecule has 1 aromatic heterocycles. The zero-order valence-electron chi connectivity index (χ0n) is 11.3. The van der Waals surface area contributed by atoms with Crippen molar-refractivity contribution in [1.82, 2.24) is 9.97 Å². The molecule has 0 saturated carbocycles. The first-order valence-electron chi connectivity index (χ1n) is 5.95. The highest BCUT2D eigenvalue weighted by Gasteiger charge is 2.24. The van der Waals surface area contributed by atoms with Crippen LogP contribution in [-0.2, 0) is 0 Å². The van der Waals surface area contributed by atoms with Crippen LogP contribution >= 0.6 is 15.9 Å². The van der Waals surface area contributed by atoms with Crippen LogP contribution in [0.5, 0.6) is 5.88 Å². The van der Waals surface area contributed by atoms with Crippen molar-refractivity contribution in [2.75, 3.05) is 19.0 Å². The van der Waals surface area contributed by atoms with E-state index in [2.05, 4.69) is 52.0 Å². The molecule has 0 aromatic carbocycles. The Balaban J connectivity index is 2.87. The lowest BCUT2D eigenvalue weighted by atomic mass is 9.91. The normalized spacial score (nSPS) is 14.4. The molecule has 0 amide bonds.